The summed E-state index contributed by atoms with van der Waals surface area (Å²) in [6, 6.07) is 2.80. The van der Waals surface area contributed by atoms with Crippen LogP contribution in [0.2, 0.25) is 0 Å². The number of nitrogens with one attached hydrogen (secondary N) is 1. The van der Waals surface area contributed by atoms with Crippen molar-refractivity contribution in [1.82, 2.24) is 10.3 Å². The molecule has 3 rings (SSSR count). The minimum absolute atomic E-state index is 0.0747. The van der Waals surface area contributed by atoms with Gasteiger partial charge < -0.3 is 4.74 Å². The summed E-state index contributed by atoms with van der Waals surface area (Å²) in [7, 11) is -2.93. The van der Waals surface area contributed by atoms with Crippen molar-refractivity contribution < 1.29 is 18.1 Å². The zero-order valence-corrected chi connectivity index (χ0v) is 20.5. The molecule has 0 saturated heterocycles. The molecule has 10 heteroatoms. The number of fused-ring (bicyclic) bond motifs is 1. The molecule has 0 saturated carbocycles. The third-order valence-corrected chi connectivity index (χ3v) is 9.61. The SMILES string of the molecule is CC(C)(C)OC(=O)NC1=N[C@](C)(c2nc(Br)ccc2F)[C@@H]2CCCN=[S@]2(=O)C1(C)C. The van der Waals surface area contributed by atoms with Crippen LogP contribution in [-0.2, 0) is 20.0 Å². The number of hydrogen-bond donors (Lipinski definition) is 1. The van der Waals surface area contributed by atoms with E-state index in [1.807, 2.05) is 0 Å². The van der Waals surface area contributed by atoms with Crippen LogP contribution in [0.4, 0.5) is 9.18 Å². The molecule has 0 aliphatic carbocycles. The monoisotopic (exact) mass is 502 g/mol. The van der Waals surface area contributed by atoms with Crippen LogP contribution < -0.4 is 5.32 Å². The molecule has 1 amide bonds. The van der Waals surface area contributed by atoms with Crippen molar-refractivity contribution in [2.75, 3.05) is 6.54 Å². The van der Waals surface area contributed by atoms with Gasteiger partial charge in [0.15, 0.2) is 0 Å². The topological polar surface area (TPSA) is 93.0 Å². The highest BCUT2D eigenvalue weighted by Gasteiger charge is 2.57. The molecule has 2 aliphatic heterocycles. The van der Waals surface area contributed by atoms with Gasteiger partial charge in [0.2, 0.25) is 0 Å². The van der Waals surface area contributed by atoms with Crippen LogP contribution in [-0.4, -0.2) is 43.3 Å². The fourth-order valence-corrected chi connectivity index (χ4v) is 7.54. The Labute approximate surface area is 185 Å². The summed E-state index contributed by atoms with van der Waals surface area (Å²) in [6.07, 6.45) is 0.587. The predicted octanol–water partition coefficient (Wildman–Crippen LogP) is 4.54. The number of carbonyl (C=O) groups is 1. The van der Waals surface area contributed by atoms with E-state index in [0.29, 0.717) is 17.6 Å². The lowest BCUT2D eigenvalue weighted by Crippen LogP contribution is -2.62. The standard InChI is InChI=1S/C20H28BrFN4O3S/c1-18(2,3)29-17(27)25-16-19(4,5)30(28)13(8-7-11-23-30)20(6,26-16)15-12(22)9-10-14(21)24-15/h9-10,13H,7-8,11H2,1-6H3,(H,25,26,27)/t13-,20-,30+/m0/s1. The van der Waals surface area contributed by atoms with Crippen molar-refractivity contribution in [2.45, 2.75) is 75.5 Å². The summed E-state index contributed by atoms with van der Waals surface area (Å²) in [5.74, 6) is -0.388. The molecule has 2 aliphatic rings. The molecule has 1 aromatic heterocycles. The minimum Gasteiger partial charge on any atom is -0.444 e. The van der Waals surface area contributed by atoms with E-state index in [-0.39, 0.29) is 11.5 Å². The Morgan fingerprint density at radius 2 is 2.00 bits per heavy atom. The van der Waals surface area contributed by atoms with E-state index in [1.54, 1.807) is 41.5 Å². The van der Waals surface area contributed by atoms with E-state index in [4.69, 9.17) is 9.73 Å². The Bertz CT molecular complexity index is 1030. The minimum atomic E-state index is -2.93. The number of pyridine rings is 1. The van der Waals surface area contributed by atoms with Crippen molar-refractivity contribution in [3.8, 4) is 0 Å². The third-order valence-electron chi connectivity index (χ3n) is 5.48. The van der Waals surface area contributed by atoms with Crippen molar-refractivity contribution in [2.24, 2.45) is 9.36 Å². The van der Waals surface area contributed by atoms with Gasteiger partial charge in [-0.2, -0.15) is 0 Å². The Hall–Kier alpha value is -1.55. The molecule has 0 bridgehead atoms. The van der Waals surface area contributed by atoms with Crippen LogP contribution >= 0.6 is 15.9 Å². The molecule has 30 heavy (non-hydrogen) atoms. The van der Waals surface area contributed by atoms with Gasteiger partial charge in [0, 0.05) is 6.54 Å². The van der Waals surface area contributed by atoms with E-state index >= 15 is 0 Å². The maximum absolute atomic E-state index is 14.9. The average Bonchev–Trinajstić information content (AvgIpc) is 2.60. The van der Waals surface area contributed by atoms with E-state index in [9.17, 15) is 13.4 Å². The molecular weight excluding hydrogens is 475 g/mol. The number of hydrogen-bond acceptors (Lipinski definition) is 6. The molecule has 3 atom stereocenters. The van der Waals surface area contributed by atoms with E-state index in [1.165, 1.54) is 12.1 Å². The Balaban J connectivity index is 2.22. The normalized spacial score (nSPS) is 30.5. The highest BCUT2D eigenvalue weighted by molar-refractivity contribution is 9.10. The third kappa shape index (κ3) is 3.88. The molecule has 3 heterocycles. The Morgan fingerprint density at radius 3 is 2.63 bits per heavy atom. The van der Waals surface area contributed by atoms with Crippen LogP contribution in [0.1, 0.15) is 60.1 Å². The summed E-state index contributed by atoms with van der Waals surface area (Å²) >= 11 is 3.29. The van der Waals surface area contributed by atoms with Gasteiger partial charge in [0.1, 0.15) is 37.8 Å². The van der Waals surface area contributed by atoms with Crippen molar-refractivity contribution >= 4 is 37.6 Å². The largest absolute Gasteiger partial charge is 0.444 e. The summed E-state index contributed by atoms with van der Waals surface area (Å²) in [6.45, 7) is 10.9. The molecule has 1 N–H and O–H groups in total. The van der Waals surface area contributed by atoms with E-state index in [0.717, 1.165) is 6.42 Å². The number of rotatable bonds is 1. The molecular formula is C20H28BrFN4O3S. The van der Waals surface area contributed by atoms with Gasteiger partial charge >= 0.3 is 6.09 Å². The van der Waals surface area contributed by atoms with Crippen LogP contribution in [0.5, 0.6) is 0 Å². The Morgan fingerprint density at radius 1 is 1.33 bits per heavy atom. The second-order valence-electron chi connectivity index (χ2n) is 9.26. The number of aliphatic imine (C=N–C) groups is 1. The lowest BCUT2D eigenvalue weighted by molar-refractivity contribution is 0.0560. The molecule has 7 nitrogen and oxygen atoms in total. The number of nitrogens with zero attached hydrogens (tertiary/aromatic N) is 3. The highest BCUT2D eigenvalue weighted by Crippen LogP contribution is 2.47. The number of halogens is 2. The summed E-state index contributed by atoms with van der Waals surface area (Å²) in [5, 5.41) is 2.12. The number of ether oxygens (including phenoxy) is 1. The second-order valence-corrected chi connectivity index (χ2v) is 13.1. The van der Waals surface area contributed by atoms with Gasteiger partial charge in [-0.15, -0.1) is 0 Å². The number of amides is 1. The number of carbonyl (C=O) groups excluding carboxylic acids is 1. The second kappa shape index (κ2) is 7.55. The first-order valence-corrected chi connectivity index (χ1v) is 12.2. The maximum atomic E-state index is 14.9. The van der Waals surface area contributed by atoms with Gasteiger partial charge in [-0.05, 0) is 82.4 Å². The number of amidine groups is 1. The lowest BCUT2D eigenvalue weighted by Gasteiger charge is -2.48. The predicted molar refractivity (Wildman–Crippen MR) is 119 cm³/mol. The zero-order valence-electron chi connectivity index (χ0n) is 18.1. The van der Waals surface area contributed by atoms with Gasteiger partial charge in [-0.1, -0.05) is 0 Å². The van der Waals surface area contributed by atoms with Crippen molar-refractivity contribution in [1.29, 1.82) is 0 Å². The molecule has 166 valence electrons. The fourth-order valence-electron chi connectivity index (χ4n) is 3.97. The molecule has 0 fully saturated rings. The first kappa shape index (κ1) is 23.1. The molecule has 0 aromatic carbocycles. The number of alkyl carbamates (subject to hydrolysis) is 1. The maximum Gasteiger partial charge on any atom is 0.413 e. The average molecular weight is 503 g/mol. The van der Waals surface area contributed by atoms with Gasteiger partial charge in [0.05, 0.1) is 15.0 Å². The van der Waals surface area contributed by atoms with Gasteiger partial charge in [0.25, 0.3) is 0 Å². The van der Waals surface area contributed by atoms with E-state index < -0.39 is 42.8 Å². The van der Waals surface area contributed by atoms with Crippen molar-refractivity contribution in [3.63, 3.8) is 0 Å². The van der Waals surface area contributed by atoms with Crippen LogP contribution in [0.25, 0.3) is 0 Å². The highest BCUT2D eigenvalue weighted by atomic mass is 79.9. The molecule has 1 aromatic rings. The molecule has 0 spiro atoms. The first-order chi connectivity index (χ1) is 13.7. The van der Waals surface area contributed by atoms with Crippen LogP contribution in [0.3, 0.4) is 0 Å². The van der Waals surface area contributed by atoms with Gasteiger partial charge in [-0.25, -0.2) is 22.7 Å². The van der Waals surface area contributed by atoms with Crippen molar-refractivity contribution in [3.05, 3.63) is 28.2 Å². The quantitative estimate of drug-likeness (QED) is 0.570. The lowest BCUT2D eigenvalue weighted by atomic mass is 9.89. The van der Waals surface area contributed by atoms with E-state index in [2.05, 4.69) is 30.6 Å². The van der Waals surface area contributed by atoms with Crippen LogP contribution in [0, 0.1) is 5.82 Å². The summed E-state index contributed by atoms with van der Waals surface area (Å²) in [4.78, 5) is 21.6. The Kier molecular flexibility index (Phi) is 5.81. The number of aromatic nitrogens is 1. The fraction of sp³-hybridized carbons (Fsp3) is 0.650. The zero-order chi connectivity index (χ0) is 22.5. The molecule has 0 radical (unpaired) electrons. The van der Waals surface area contributed by atoms with Gasteiger partial charge in [-0.3, -0.25) is 10.3 Å². The molecule has 0 unspecified atom stereocenters. The summed E-state index contributed by atoms with van der Waals surface area (Å²) < 4.78 is 38.5. The smallest absolute Gasteiger partial charge is 0.413 e. The summed E-state index contributed by atoms with van der Waals surface area (Å²) in [5.41, 5.74) is -1.91. The van der Waals surface area contributed by atoms with Crippen LogP contribution in [0.15, 0.2) is 26.1 Å². The first-order valence-electron chi connectivity index (χ1n) is 9.85.